The molecule has 0 bridgehead atoms. The summed E-state index contributed by atoms with van der Waals surface area (Å²) in [5, 5.41) is 10.2. The van der Waals surface area contributed by atoms with E-state index in [0.29, 0.717) is 28.6 Å². The molecule has 4 aliphatic carbocycles. The van der Waals surface area contributed by atoms with Crippen LogP contribution in [-0.2, 0) is 0 Å². The van der Waals surface area contributed by atoms with Gasteiger partial charge in [0, 0.05) is 11.3 Å². The van der Waals surface area contributed by atoms with E-state index >= 15 is 0 Å². The van der Waals surface area contributed by atoms with Crippen LogP contribution in [0.4, 0.5) is 0 Å². The second-order valence-corrected chi connectivity index (χ2v) is 12.4. The van der Waals surface area contributed by atoms with E-state index in [0.717, 1.165) is 30.3 Å². The molecule has 0 saturated heterocycles. The summed E-state index contributed by atoms with van der Waals surface area (Å²) in [6.07, 6.45) is 12.4. The molecule has 3 fully saturated rings. The van der Waals surface area contributed by atoms with Crippen molar-refractivity contribution in [2.45, 2.75) is 99.0 Å². The molecule has 0 aromatic heterocycles. The van der Waals surface area contributed by atoms with Crippen LogP contribution in [0.2, 0.25) is 0 Å². The van der Waals surface area contributed by atoms with Gasteiger partial charge in [-0.15, -0.1) is 0 Å². The quantitative estimate of drug-likeness (QED) is 0.379. The zero-order chi connectivity index (χ0) is 21.9. The molecule has 4 rings (SSSR count). The molecule has 1 N–H and O–H groups in total. The molecule has 8 atom stereocenters. The highest BCUT2D eigenvalue weighted by Crippen LogP contribution is 2.66. The number of hydrogen-bond donors (Lipinski definition) is 1. The van der Waals surface area contributed by atoms with E-state index in [4.69, 9.17) is 0 Å². The number of fused-ring (bicyclic) bond motifs is 5. The van der Waals surface area contributed by atoms with Crippen LogP contribution in [0.3, 0.4) is 0 Å². The first kappa shape index (κ1) is 22.2. The van der Waals surface area contributed by atoms with Crippen molar-refractivity contribution >= 4 is 0 Å². The van der Waals surface area contributed by atoms with Crippen molar-refractivity contribution in [3.63, 3.8) is 0 Å². The Morgan fingerprint density at radius 3 is 2.50 bits per heavy atom. The van der Waals surface area contributed by atoms with E-state index in [2.05, 4.69) is 66.0 Å². The molecule has 166 valence electrons. The summed E-state index contributed by atoms with van der Waals surface area (Å²) in [6.45, 7) is 18.2. The minimum Gasteiger partial charge on any atom is -0.393 e. The van der Waals surface area contributed by atoms with E-state index < -0.39 is 0 Å². The maximum absolute atomic E-state index is 10.2. The van der Waals surface area contributed by atoms with Gasteiger partial charge < -0.3 is 5.11 Å². The summed E-state index contributed by atoms with van der Waals surface area (Å²) in [5.74, 6) is 10.6. The molecule has 1 nitrogen and oxygen atoms in total. The molecular weight excluding hydrogens is 364 g/mol. The molecule has 0 amide bonds. The molecule has 30 heavy (non-hydrogen) atoms. The molecule has 4 aliphatic rings. The van der Waals surface area contributed by atoms with Gasteiger partial charge in [0.05, 0.1) is 6.10 Å². The van der Waals surface area contributed by atoms with E-state index in [9.17, 15) is 5.11 Å². The summed E-state index contributed by atoms with van der Waals surface area (Å²) in [4.78, 5) is 0. The van der Waals surface area contributed by atoms with Gasteiger partial charge in [0.1, 0.15) is 0 Å². The maximum Gasteiger partial charge on any atom is 0.0543 e. The number of aliphatic hydroxyl groups is 1. The van der Waals surface area contributed by atoms with Crippen molar-refractivity contribution in [3.8, 4) is 11.8 Å². The fourth-order valence-corrected chi connectivity index (χ4v) is 7.85. The normalized spacial score (nSPS) is 44.0. The third-order valence-corrected chi connectivity index (χ3v) is 10.4. The topological polar surface area (TPSA) is 20.2 Å². The Morgan fingerprint density at radius 2 is 1.80 bits per heavy atom. The van der Waals surface area contributed by atoms with Gasteiger partial charge in [-0.25, -0.2) is 0 Å². The van der Waals surface area contributed by atoms with Crippen LogP contribution in [0.1, 0.15) is 92.9 Å². The summed E-state index contributed by atoms with van der Waals surface area (Å²) in [6, 6.07) is 0. The van der Waals surface area contributed by atoms with Crippen molar-refractivity contribution < 1.29 is 5.11 Å². The summed E-state index contributed by atoms with van der Waals surface area (Å²) < 4.78 is 0. The standard InChI is InChI=1S/C29H44O/c1-19(2)27(4,5)15-12-20(3)24-10-11-25-23-9-8-21-18-22(30)13-16-28(21,6)26(23)14-17-29(24,25)7/h9,20-22,24-26,30H,1,8,10-11,13-14,16-18H2,2-7H3/t20-,21+,22+,24-,25+,26+,28+,29-/m1/s1. The van der Waals surface area contributed by atoms with Gasteiger partial charge >= 0.3 is 0 Å². The lowest BCUT2D eigenvalue weighted by molar-refractivity contribution is -0.0412. The zero-order valence-electron chi connectivity index (χ0n) is 20.4. The summed E-state index contributed by atoms with van der Waals surface area (Å²) in [7, 11) is 0. The summed E-state index contributed by atoms with van der Waals surface area (Å²) >= 11 is 0. The van der Waals surface area contributed by atoms with Gasteiger partial charge in [0.25, 0.3) is 0 Å². The lowest BCUT2D eigenvalue weighted by Gasteiger charge is -2.57. The smallest absolute Gasteiger partial charge is 0.0543 e. The first-order valence-electron chi connectivity index (χ1n) is 12.6. The van der Waals surface area contributed by atoms with Crippen LogP contribution in [0.25, 0.3) is 0 Å². The number of aliphatic hydroxyl groups excluding tert-OH is 1. The van der Waals surface area contributed by atoms with Crippen molar-refractivity contribution in [1.29, 1.82) is 0 Å². The zero-order valence-corrected chi connectivity index (χ0v) is 20.4. The van der Waals surface area contributed by atoms with E-state index in [-0.39, 0.29) is 11.5 Å². The Morgan fingerprint density at radius 1 is 1.13 bits per heavy atom. The maximum atomic E-state index is 10.2. The lowest BCUT2D eigenvalue weighted by atomic mass is 9.47. The first-order chi connectivity index (χ1) is 14.0. The summed E-state index contributed by atoms with van der Waals surface area (Å²) in [5.41, 5.74) is 3.70. The highest BCUT2D eigenvalue weighted by Gasteiger charge is 2.58. The molecule has 0 aromatic carbocycles. The number of allylic oxidation sites excluding steroid dienone is 3. The fourth-order valence-electron chi connectivity index (χ4n) is 7.85. The van der Waals surface area contributed by atoms with Gasteiger partial charge in [0.2, 0.25) is 0 Å². The molecule has 0 heterocycles. The van der Waals surface area contributed by atoms with Crippen LogP contribution >= 0.6 is 0 Å². The Balaban J connectivity index is 1.57. The molecular formula is C29H44O. The highest BCUT2D eigenvalue weighted by atomic mass is 16.3. The predicted octanol–water partition coefficient (Wildman–Crippen LogP) is 7.17. The van der Waals surface area contributed by atoms with Crippen LogP contribution in [0.5, 0.6) is 0 Å². The third-order valence-electron chi connectivity index (χ3n) is 10.4. The van der Waals surface area contributed by atoms with E-state index in [1.807, 2.05) is 5.57 Å². The van der Waals surface area contributed by atoms with Gasteiger partial charge in [0.15, 0.2) is 0 Å². The second-order valence-electron chi connectivity index (χ2n) is 12.4. The minimum absolute atomic E-state index is 0.0642. The number of hydrogen-bond acceptors (Lipinski definition) is 1. The molecule has 1 heteroatoms. The fraction of sp³-hybridized carbons (Fsp3) is 0.793. The molecule has 3 saturated carbocycles. The average molecular weight is 409 g/mol. The third kappa shape index (κ3) is 3.43. The Hall–Kier alpha value is -1.00. The Bertz CT molecular complexity index is 791. The van der Waals surface area contributed by atoms with Gasteiger partial charge in [-0.3, -0.25) is 0 Å². The largest absolute Gasteiger partial charge is 0.393 e. The second kappa shape index (κ2) is 7.55. The van der Waals surface area contributed by atoms with Crippen molar-refractivity contribution in [2.24, 2.45) is 45.8 Å². The molecule has 0 radical (unpaired) electrons. The van der Waals surface area contributed by atoms with Gasteiger partial charge in [-0.2, -0.15) is 0 Å². The van der Waals surface area contributed by atoms with E-state index in [1.54, 1.807) is 0 Å². The average Bonchev–Trinajstić information content (AvgIpc) is 3.04. The number of rotatable bonds is 2. The minimum atomic E-state index is -0.0914. The predicted molar refractivity (Wildman–Crippen MR) is 127 cm³/mol. The Labute approximate surface area is 185 Å². The van der Waals surface area contributed by atoms with Crippen molar-refractivity contribution in [2.75, 3.05) is 0 Å². The molecule has 0 aliphatic heterocycles. The first-order valence-corrected chi connectivity index (χ1v) is 12.6. The van der Waals surface area contributed by atoms with Crippen molar-refractivity contribution in [1.82, 2.24) is 0 Å². The Kier molecular flexibility index (Phi) is 5.59. The van der Waals surface area contributed by atoms with Crippen LogP contribution in [0.15, 0.2) is 23.8 Å². The van der Waals surface area contributed by atoms with E-state index in [1.165, 1.54) is 38.5 Å². The van der Waals surface area contributed by atoms with Gasteiger partial charge in [-0.05, 0) is 107 Å². The van der Waals surface area contributed by atoms with Crippen molar-refractivity contribution in [3.05, 3.63) is 23.8 Å². The molecule has 0 aromatic rings. The van der Waals surface area contributed by atoms with Crippen LogP contribution in [-0.4, -0.2) is 11.2 Å². The molecule has 0 unspecified atom stereocenters. The van der Waals surface area contributed by atoms with Gasteiger partial charge in [-0.1, -0.05) is 56.4 Å². The SMILES string of the molecule is C=C(C)C(C)(C)C#C[C@@H](C)[C@H]1CC[C@H]2C3=CC[C@H]4C[C@@H](O)CC[C@]4(C)[C@H]3CC[C@]12C. The highest BCUT2D eigenvalue weighted by molar-refractivity contribution is 5.29. The van der Waals surface area contributed by atoms with Crippen LogP contribution in [0, 0.1) is 57.7 Å². The monoisotopic (exact) mass is 408 g/mol. The van der Waals surface area contributed by atoms with Crippen LogP contribution < -0.4 is 0 Å². The lowest BCUT2D eigenvalue weighted by Crippen LogP contribution is -2.49. The molecule has 0 spiro atoms.